The molecule has 1 fully saturated rings. The van der Waals surface area contributed by atoms with E-state index >= 15 is 0 Å². The Balaban J connectivity index is 1.40. The summed E-state index contributed by atoms with van der Waals surface area (Å²) in [5.41, 5.74) is 8.61. The number of nitrogens with one attached hydrogen (secondary N) is 1. The summed E-state index contributed by atoms with van der Waals surface area (Å²) >= 11 is 0. The number of aliphatic hydroxyl groups excluding tert-OH is 1. The molecule has 8 nitrogen and oxygen atoms in total. The van der Waals surface area contributed by atoms with E-state index in [-0.39, 0.29) is 17.8 Å². The second-order valence-electron chi connectivity index (χ2n) is 11.0. The third-order valence-electron chi connectivity index (χ3n) is 8.29. The van der Waals surface area contributed by atoms with Crippen LogP contribution in [-0.2, 0) is 20.7 Å². The van der Waals surface area contributed by atoms with Crippen LogP contribution in [0.25, 0.3) is 0 Å². The van der Waals surface area contributed by atoms with Gasteiger partial charge in [-0.1, -0.05) is 44.2 Å². The highest BCUT2D eigenvalue weighted by Gasteiger charge is 2.52. The molecule has 4 aliphatic rings. The summed E-state index contributed by atoms with van der Waals surface area (Å²) in [7, 11) is 0. The Kier molecular flexibility index (Phi) is 6.26. The van der Waals surface area contributed by atoms with E-state index in [1.165, 1.54) is 0 Å². The number of ether oxygens (including phenoxy) is 1. The van der Waals surface area contributed by atoms with Crippen LogP contribution in [0.2, 0.25) is 0 Å². The number of allylic oxidation sites excluding steroid dienone is 3. The number of aliphatic hydroxyl groups is 1. The average molecular weight is 505 g/mol. The second-order valence-corrected chi connectivity index (χ2v) is 11.0. The molecule has 4 N–H and O–H groups in total. The van der Waals surface area contributed by atoms with Crippen molar-refractivity contribution in [3.63, 3.8) is 0 Å². The zero-order valence-corrected chi connectivity index (χ0v) is 22.0. The summed E-state index contributed by atoms with van der Waals surface area (Å²) in [6.07, 6.45) is 7.49. The molecule has 1 unspecified atom stereocenters. The van der Waals surface area contributed by atoms with Crippen LogP contribution in [0.15, 0.2) is 64.4 Å². The van der Waals surface area contributed by atoms with Crippen molar-refractivity contribution in [1.82, 2.24) is 10.2 Å². The van der Waals surface area contributed by atoms with Crippen molar-refractivity contribution in [1.29, 1.82) is 0 Å². The number of rotatable bonds is 5. The first-order valence-electron chi connectivity index (χ1n) is 13.1. The largest absolute Gasteiger partial charge is 0.485 e. The molecular formula is C29H36N4O4. The predicted octanol–water partition coefficient (Wildman–Crippen LogP) is 3.18. The Morgan fingerprint density at radius 1 is 1.24 bits per heavy atom. The number of nitrogens with two attached hydrogens (primary N) is 1. The monoisotopic (exact) mass is 504 g/mol. The van der Waals surface area contributed by atoms with E-state index in [1.54, 1.807) is 17.1 Å². The van der Waals surface area contributed by atoms with Crippen LogP contribution in [0.3, 0.4) is 0 Å². The molecule has 0 aromatic heterocycles. The van der Waals surface area contributed by atoms with E-state index < -0.39 is 29.3 Å². The summed E-state index contributed by atoms with van der Waals surface area (Å²) in [5, 5.41) is 13.6. The Morgan fingerprint density at radius 3 is 2.68 bits per heavy atom. The minimum atomic E-state index is -0.725. The molecule has 0 spiro atoms. The second kappa shape index (κ2) is 9.17. The standard InChI is InChI=1S/C29H36N4O4/c1-5-29(6-2)16-23(35)33(27(30)32-29)25-20-13-11-17(12-14-22(20)37-28(25,3)4)26(36)31-24-19-10-8-7-9-18(19)15-21(24)34/h7-10,12-14,21,24-25,34H,5-6,11,15-16H2,1-4H3,(H2,30,32)(H,31,36)/t21-,24-,25?/m1/s1. The van der Waals surface area contributed by atoms with E-state index in [2.05, 4.69) is 5.32 Å². The fourth-order valence-electron chi connectivity index (χ4n) is 6.08. The Hall–Kier alpha value is -3.39. The van der Waals surface area contributed by atoms with Crippen molar-refractivity contribution in [2.75, 3.05) is 0 Å². The molecule has 3 atom stereocenters. The van der Waals surface area contributed by atoms with Crippen LogP contribution >= 0.6 is 0 Å². The maximum atomic E-state index is 13.4. The normalized spacial score (nSPS) is 27.6. The highest BCUT2D eigenvalue weighted by molar-refractivity contribution is 6.00. The van der Waals surface area contributed by atoms with Crippen LogP contribution < -0.4 is 11.1 Å². The van der Waals surface area contributed by atoms with Gasteiger partial charge in [0.05, 0.1) is 24.1 Å². The molecule has 1 aromatic carbocycles. The van der Waals surface area contributed by atoms with Gasteiger partial charge >= 0.3 is 0 Å². The number of hydrogen-bond donors (Lipinski definition) is 3. The zero-order valence-electron chi connectivity index (χ0n) is 22.0. The SMILES string of the molecule is CCC1(CC)CC(=O)N(C2C3=CCC(C(=O)N[C@@H]4c5ccccc5C[C@H]4O)=CC=C3OC2(C)C)C(N)=N1. The summed E-state index contributed by atoms with van der Waals surface area (Å²) in [4.78, 5) is 33.0. The fraction of sp³-hybridized carbons (Fsp3) is 0.483. The van der Waals surface area contributed by atoms with Crippen molar-refractivity contribution in [2.45, 2.75) is 89.1 Å². The van der Waals surface area contributed by atoms with Crippen LogP contribution in [0.1, 0.15) is 70.5 Å². The van der Waals surface area contributed by atoms with Crippen LogP contribution in [0, 0.1) is 0 Å². The maximum absolute atomic E-state index is 13.4. The molecule has 0 radical (unpaired) electrons. The summed E-state index contributed by atoms with van der Waals surface area (Å²) in [6, 6.07) is 6.87. The quantitative estimate of drug-likeness (QED) is 0.569. The van der Waals surface area contributed by atoms with Crippen molar-refractivity contribution in [2.24, 2.45) is 10.7 Å². The summed E-state index contributed by atoms with van der Waals surface area (Å²) in [6.45, 7) is 7.93. The van der Waals surface area contributed by atoms with Crippen LogP contribution in [0.5, 0.6) is 0 Å². The van der Waals surface area contributed by atoms with Crippen molar-refractivity contribution >= 4 is 17.8 Å². The highest BCUT2D eigenvalue weighted by Crippen LogP contribution is 2.44. The molecular weight excluding hydrogens is 468 g/mol. The molecule has 37 heavy (non-hydrogen) atoms. The van der Waals surface area contributed by atoms with Gasteiger partial charge in [0.1, 0.15) is 17.4 Å². The molecule has 1 saturated heterocycles. The molecule has 8 heteroatoms. The number of hydrogen-bond acceptors (Lipinski definition) is 6. The van der Waals surface area contributed by atoms with Gasteiger partial charge in [-0.15, -0.1) is 0 Å². The van der Waals surface area contributed by atoms with Gasteiger partial charge in [-0.3, -0.25) is 14.5 Å². The van der Waals surface area contributed by atoms with Crippen LogP contribution in [-0.4, -0.2) is 51.1 Å². The number of aliphatic imine (C=N–C) groups is 1. The molecule has 2 aliphatic carbocycles. The molecule has 2 heterocycles. The lowest BCUT2D eigenvalue weighted by atomic mass is 9.85. The van der Waals surface area contributed by atoms with E-state index in [1.807, 2.05) is 58.0 Å². The number of benzene rings is 1. The maximum Gasteiger partial charge on any atom is 0.248 e. The average Bonchev–Trinajstić information content (AvgIpc) is 3.20. The lowest BCUT2D eigenvalue weighted by Crippen LogP contribution is -2.59. The van der Waals surface area contributed by atoms with Gasteiger partial charge in [-0.2, -0.15) is 0 Å². The minimum absolute atomic E-state index is 0.0657. The van der Waals surface area contributed by atoms with Gasteiger partial charge < -0.3 is 20.9 Å². The number of carbonyl (C=O) groups is 2. The topological polar surface area (TPSA) is 117 Å². The molecule has 2 aliphatic heterocycles. The summed E-state index contributed by atoms with van der Waals surface area (Å²) < 4.78 is 6.30. The van der Waals surface area contributed by atoms with Gasteiger partial charge in [0.25, 0.3) is 0 Å². The molecule has 2 amide bonds. The number of guanidine groups is 1. The Labute approximate surface area is 218 Å². The molecule has 1 aromatic rings. The van der Waals surface area contributed by atoms with Gasteiger partial charge in [0, 0.05) is 17.6 Å². The van der Waals surface area contributed by atoms with Crippen molar-refractivity contribution in [3.05, 3.63) is 70.5 Å². The predicted molar refractivity (Wildman–Crippen MR) is 141 cm³/mol. The van der Waals surface area contributed by atoms with E-state index in [9.17, 15) is 14.7 Å². The van der Waals surface area contributed by atoms with Crippen molar-refractivity contribution in [3.8, 4) is 0 Å². The minimum Gasteiger partial charge on any atom is -0.485 e. The first kappa shape index (κ1) is 25.3. The smallest absolute Gasteiger partial charge is 0.248 e. The van der Waals surface area contributed by atoms with Gasteiger partial charge in [0.15, 0.2) is 5.96 Å². The first-order chi connectivity index (χ1) is 17.6. The fourth-order valence-corrected chi connectivity index (χ4v) is 6.08. The summed E-state index contributed by atoms with van der Waals surface area (Å²) in [5.74, 6) is 0.528. The van der Waals surface area contributed by atoms with E-state index in [0.29, 0.717) is 30.6 Å². The van der Waals surface area contributed by atoms with Gasteiger partial charge in [0.2, 0.25) is 11.8 Å². The Morgan fingerprint density at radius 2 is 1.97 bits per heavy atom. The van der Waals surface area contributed by atoms with Crippen molar-refractivity contribution < 1.29 is 19.4 Å². The third kappa shape index (κ3) is 4.27. The zero-order chi connectivity index (χ0) is 26.5. The molecule has 196 valence electrons. The van der Waals surface area contributed by atoms with Gasteiger partial charge in [-0.05, 0) is 56.4 Å². The van der Waals surface area contributed by atoms with E-state index in [0.717, 1.165) is 29.5 Å². The number of amides is 2. The van der Waals surface area contributed by atoms with Gasteiger partial charge in [-0.25, -0.2) is 4.99 Å². The number of nitrogens with zero attached hydrogens (tertiary/aromatic N) is 2. The Bertz CT molecular complexity index is 1250. The molecule has 0 bridgehead atoms. The van der Waals surface area contributed by atoms with E-state index in [4.69, 9.17) is 15.5 Å². The first-order valence-corrected chi connectivity index (χ1v) is 13.1. The van der Waals surface area contributed by atoms with Crippen LogP contribution in [0.4, 0.5) is 0 Å². The molecule has 5 rings (SSSR count). The number of fused-ring (bicyclic) bond motifs is 2. The lowest BCUT2D eigenvalue weighted by molar-refractivity contribution is -0.133. The highest BCUT2D eigenvalue weighted by atomic mass is 16.5. The third-order valence-corrected chi connectivity index (χ3v) is 8.29. The lowest BCUT2D eigenvalue weighted by Gasteiger charge is -2.41. The number of carbonyl (C=O) groups excluding carboxylic acids is 2. The molecule has 0 saturated carbocycles.